The van der Waals surface area contributed by atoms with Crippen molar-refractivity contribution in [1.82, 2.24) is 0 Å². The highest BCUT2D eigenvalue weighted by molar-refractivity contribution is 7.87. The lowest BCUT2D eigenvalue weighted by Crippen LogP contribution is -2.51. The molecule has 0 saturated heterocycles. The third-order valence-corrected chi connectivity index (χ3v) is 27.4. The van der Waals surface area contributed by atoms with Crippen molar-refractivity contribution in [2.75, 3.05) is 0 Å². The van der Waals surface area contributed by atoms with Gasteiger partial charge in [0.1, 0.15) is 0 Å². The minimum atomic E-state index is -3.74. The summed E-state index contributed by atoms with van der Waals surface area (Å²) in [5.74, 6) is 10.3. The maximum absolute atomic E-state index is 13.0. The topological polar surface area (TPSA) is 86.7 Å². The predicted octanol–water partition coefficient (Wildman–Crippen LogP) is 19.0. The van der Waals surface area contributed by atoms with Crippen LogP contribution in [0.2, 0.25) is 0 Å². The lowest BCUT2D eigenvalue weighted by atomic mass is 9.47. The Morgan fingerprint density at radius 3 is 1.19 bits per heavy atom. The van der Waals surface area contributed by atoms with Gasteiger partial charge >= 0.3 is 0 Å². The third kappa shape index (κ3) is 12.1. The second-order valence-corrected chi connectivity index (χ2v) is 32.7. The highest BCUT2D eigenvalue weighted by atomic mass is 32.2. The van der Waals surface area contributed by atoms with Crippen molar-refractivity contribution in [1.29, 1.82) is 0 Å². The number of benzene rings is 2. The Balaban J connectivity index is 0.000000194. The van der Waals surface area contributed by atoms with Crippen LogP contribution in [0.1, 0.15) is 210 Å². The van der Waals surface area contributed by atoms with Crippen molar-refractivity contribution in [3.8, 4) is 0 Å². The Labute approximate surface area is 488 Å². The first-order chi connectivity index (χ1) is 37.8. The average molecular weight is 1130 g/mol. The van der Waals surface area contributed by atoms with Gasteiger partial charge in [0, 0.05) is 0 Å². The van der Waals surface area contributed by atoms with E-state index in [1.165, 1.54) is 75.4 Å². The van der Waals surface area contributed by atoms with Gasteiger partial charge in [0.05, 0.1) is 22.0 Å². The molecule has 18 atom stereocenters. The number of aryl methyl sites for hydroxylation is 2. The number of hydrogen-bond acceptors (Lipinski definition) is 6. The molecule has 6 nitrogen and oxygen atoms in total. The van der Waals surface area contributed by atoms with Crippen LogP contribution in [0, 0.1) is 118 Å². The fourth-order valence-electron chi connectivity index (χ4n) is 19.7. The second-order valence-electron chi connectivity index (χ2n) is 29.6. The zero-order valence-electron chi connectivity index (χ0n) is 52.3. The summed E-state index contributed by atoms with van der Waals surface area (Å²) in [6.45, 7) is 33.2. The van der Waals surface area contributed by atoms with Crippen molar-refractivity contribution in [2.24, 2.45) is 105 Å². The van der Waals surface area contributed by atoms with E-state index in [9.17, 15) is 16.8 Å². The standard InChI is InChI=1S/2C36H54O3S/c2*1-8-27(24(2)3)12-11-26(5)32-17-18-33-31-16-13-28-23-29(39-40(37,38)30-14-9-25(4)10-15-30)19-21-35(28,6)34(31)20-22-36(32,33)7/h2*9-15,24,26-27,29,31-34H,8,16-23H2,1-7H3/b2*12-11+/t2*26-,27-,29+,31+,32-,33+,34+,35+,36-/m11/s1. The van der Waals surface area contributed by atoms with Crippen molar-refractivity contribution < 1.29 is 25.2 Å². The molecular formula is C72H108O6S2. The number of allylic oxidation sites excluding steroid dienone is 6. The van der Waals surface area contributed by atoms with E-state index < -0.39 is 20.2 Å². The molecule has 80 heavy (non-hydrogen) atoms. The van der Waals surface area contributed by atoms with E-state index >= 15 is 0 Å². The zero-order chi connectivity index (χ0) is 57.7. The average Bonchev–Trinajstić information content (AvgIpc) is 4.15. The Hall–Kier alpha value is -2.78. The van der Waals surface area contributed by atoms with E-state index in [1.807, 2.05) is 38.1 Å². The summed E-state index contributed by atoms with van der Waals surface area (Å²) >= 11 is 0. The van der Waals surface area contributed by atoms with Crippen LogP contribution >= 0.6 is 0 Å². The van der Waals surface area contributed by atoms with Crippen LogP contribution < -0.4 is 0 Å². The van der Waals surface area contributed by atoms with Gasteiger partial charge in [-0.05, 0) is 258 Å². The second kappa shape index (κ2) is 24.3. The smallest absolute Gasteiger partial charge is 0.263 e. The fraction of sp³-hybridized carbons (Fsp3) is 0.722. The van der Waals surface area contributed by atoms with Gasteiger partial charge in [-0.3, -0.25) is 8.37 Å². The van der Waals surface area contributed by atoms with Crippen molar-refractivity contribution >= 4 is 20.2 Å². The van der Waals surface area contributed by atoms with Crippen LogP contribution in [0.4, 0.5) is 0 Å². The van der Waals surface area contributed by atoms with Crippen LogP contribution in [0.15, 0.2) is 106 Å². The maximum Gasteiger partial charge on any atom is 0.297 e. The molecule has 0 radical (unpaired) electrons. The van der Waals surface area contributed by atoms with Gasteiger partial charge in [-0.15, -0.1) is 0 Å². The summed E-state index contributed by atoms with van der Waals surface area (Å²) in [6.07, 6.45) is 35.6. The fourth-order valence-corrected chi connectivity index (χ4v) is 21.9. The van der Waals surface area contributed by atoms with Gasteiger partial charge in [-0.2, -0.15) is 16.8 Å². The molecule has 8 aliphatic carbocycles. The van der Waals surface area contributed by atoms with Crippen LogP contribution in [0.25, 0.3) is 0 Å². The lowest BCUT2D eigenvalue weighted by molar-refractivity contribution is -0.0523. The maximum atomic E-state index is 13.0. The van der Waals surface area contributed by atoms with Gasteiger partial charge in [-0.1, -0.05) is 166 Å². The van der Waals surface area contributed by atoms with Crippen LogP contribution in [-0.2, 0) is 28.6 Å². The summed E-state index contributed by atoms with van der Waals surface area (Å²) in [5.41, 5.74) is 6.29. The summed E-state index contributed by atoms with van der Waals surface area (Å²) in [5, 5.41) is 0. The van der Waals surface area contributed by atoms with E-state index in [2.05, 4.69) is 120 Å². The normalized spacial score (nSPS) is 37.5. The lowest BCUT2D eigenvalue weighted by Gasteiger charge is -2.58. The van der Waals surface area contributed by atoms with Crippen LogP contribution in [0.5, 0.6) is 0 Å². The van der Waals surface area contributed by atoms with Crippen molar-refractivity contribution in [3.63, 3.8) is 0 Å². The molecule has 6 saturated carbocycles. The van der Waals surface area contributed by atoms with Gasteiger partial charge in [-0.25, -0.2) is 0 Å². The Morgan fingerprint density at radius 1 is 0.487 bits per heavy atom. The number of fused-ring (bicyclic) bond motifs is 10. The molecule has 8 heteroatoms. The van der Waals surface area contributed by atoms with Crippen LogP contribution in [-0.4, -0.2) is 29.0 Å². The molecule has 0 heterocycles. The Morgan fingerprint density at radius 2 is 0.850 bits per heavy atom. The van der Waals surface area contributed by atoms with Crippen molar-refractivity contribution in [3.05, 3.63) is 107 Å². The molecule has 0 aliphatic heterocycles. The summed E-state index contributed by atoms with van der Waals surface area (Å²) < 4.78 is 63.7. The van der Waals surface area contributed by atoms with Gasteiger partial charge in [0.2, 0.25) is 0 Å². The van der Waals surface area contributed by atoms with Gasteiger partial charge in [0.25, 0.3) is 20.2 Å². The largest absolute Gasteiger partial charge is 0.297 e. The van der Waals surface area contributed by atoms with Gasteiger partial charge < -0.3 is 0 Å². The first-order valence-electron chi connectivity index (χ1n) is 32.5. The zero-order valence-corrected chi connectivity index (χ0v) is 53.9. The predicted molar refractivity (Wildman–Crippen MR) is 331 cm³/mol. The monoisotopic (exact) mass is 1130 g/mol. The van der Waals surface area contributed by atoms with E-state index in [0.29, 0.717) is 46.3 Å². The molecule has 8 aliphatic rings. The molecule has 0 unspecified atom stereocenters. The number of rotatable bonds is 16. The summed E-state index contributed by atoms with van der Waals surface area (Å²) in [4.78, 5) is 0.537. The third-order valence-electron chi connectivity index (χ3n) is 24.7. The van der Waals surface area contributed by atoms with E-state index in [1.54, 1.807) is 24.3 Å². The molecular weight excluding hydrogens is 1020 g/mol. The highest BCUT2D eigenvalue weighted by Gasteiger charge is 2.61. The number of hydrogen-bond donors (Lipinski definition) is 0. The highest BCUT2D eigenvalue weighted by Crippen LogP contribution is 2.69. The van der Waals surface area contributed by atoms with E-state index in [-0.39, 0.29) is 32.8 Å². The van der Waals surface area contributed by atoms with E-state index in [0.717, 1.165) is 110 Å². The molecule has 2 aromatic rings. The molecule has 10 rings (SSSR count). The quantitative estimate of drug-likeness (QED) is 0.123. The molecule has 0 bridgehead atoms. The Kier molecular flexibility index (Phi) is 18.8. The van der Waals surface area contributed by atoms with E-state index in [4.69, 9.17) is 8.37 Å². The Bertz CT molecular complexity index is 2610. The molecule has 0 amide bonds. The minimum Gasteiger partial charge on any atom is -0.263 e. The molecule has 0 aromatic heterocycles. The molecule has 0 N–H and O–H groups in total. The molecule has 444 valence electrons. The summed E-state index contributed by atoms with van der Waals surface area (Å²) in [6, 6.07) is 14.0. The molecule has 2 aromatic carbocycles. The molecule has 0 spiro atoms. The minimum absolute atomic E-state index is 0.187. The first-order valence-corrected chi connectivity index (χ1v) is 35.3. The van der Waals surface area contributed by atoms with Gasteiger partial charge in [0.15, 0.2) is 0 Å². The first kappa shape index (κ1) is 61.8. The summed E-state index contributed by atoms with van der Waals surface area (Å²) in [7, 11) is -7.48. The SMILES string of the molecule is CC[C@H](/C=C/[C@@H](C)[C@H]1CC[C@H]2[C@@H]3CC=C4C[C@@H](OS(=O)(=O)c5ccc(C)cc5)CC[C@]4(C)[C@H]3CC[C@]12C)C(C)C.CC[C@H](/C=C/[C@@H](C)[C@H]1CC[C@H]2[C@@H]3CC=C4C[C@@H](OS(=O)(=O)c5ccc(C)cc5)CC[C@]4(C)[C@H]3CC[C@]12C)C(C)C. The van der Waals surface area contributed by atoms with Crippen molar-refractivity contribution in [2.45, 2.75) is 235 Å². The molecule has 6 fully saturated rings. The van der Waals surface area contributed by atoms with Crippen LogP contribution in [0.3, 0.4) is 0 Å².